The molecule has 2 amide bonds. The molecule has 3 heterocycles. The molecule has 11 heteroatoms. The maximum atomic E-state index is 13.4. The Bertz CT molecular complexity index is 909. The van der Waals surface area contributed by atoms with Gasteiger partial charge in [-0.1, -0.05) is 13.8 Å². The number of ketones is 1. The Labute approximate surface area is 234 Å². The summed E-state index contributed by atoms with van der Waals surface area (Å²) in [6.45, 7) is 10.1. The number of hydrogen-bond donors (Lipinski definition) is 1. The summed E-state index contributed by atoms with van der Waals surface area (Å²) in [7, 11) is 1.72. The second kappa shape index (κ2) is 14.4. The minimum atomic E-state index is -0.672. The molecule has 1 N–H and O–H groups in total. The number of carbonyl (C=O) groups excluding carboxylic acids is 3. The van der Waals surface area contributed by atoms with Crippen LogP contribution in [0.4, 0.5) is 5.69 Å². The van der Waals surface area contributed by atoms with Crippen molar-refractivity contribution in [1.29, 1.82) is 0 Å². The number of nitrogens with one attached hydrogen (secondary N) is 1. The monoisotopic (exact) mass is 554 g/mol. The third-order valence-electron chi connectivity index (χ3n) is 7.18. The van der Waals surface area contributed by atoms with Crippen molar-refractivity contribution in [2.75, 3.05) is 64.5 Å². The fourth-order valence-corrected chi connectivity index (χ4v) is 5.25. The van der Waals surface area contributed by atoms with E-state index >= 15 is 0 Å². The third kappa shape index (κ3) is 7.63. The number of benzene rings is 1. The molecular formula is C26H42N4O5S2. The number of methoxy groups -OCH3 is 1. The van der Waals surface area contributed by atoms with Gasteiger partial charge in [0.1, 0.15) is 18.7 Å². The van der Waals surface area contributed by atoms with Gasteiger partial charge in [0, 0.05) is 57.6 Å². The first-order valence-electron chi connectivity index (χ1n) is 12.7. The average molecular weight is 555 g/mol. The molecule has 0 spiro atoms. The van der Waals surface area contributed by atoms with E-state index in [2.05, 4.69) is 15.1 Å². The third-order valence-corrected chi connectivity index (χ3v) is 7.18. The van der Waals surface area contributed by atoms with E-state index in [9.17, 15) is 14.4 Å². The number of amides is 2. The van der Waals surface area contributed by atoms with Gasteiger partial charge in [-0.2, -0.15) is 27.0 Å². The summed E-state index contributed by atoms with van der Waals surface area (Å²) >= 11 is 0. The van der Waals surface area contributed by atoms with Gasteiger partial charge in [-0.25, -0.2) is 0 Å². The maximum Gasteiger partial charge on any atom is 0.251 e. The van der Waals surface area contributed by atoms with Crippen LogP contribution in [0.2, 0.25) is 0 Å². The van der Waals surface area contributed by atoms with Crippen molar-refractivity contribution in [2.45, 2.75) is 44.9 Å². The Hall–Kier alpha value is -1.79. The van der Waals surface area contributed by atoms with Crippen molar-refractivity contribution in [3.8, 4) is 0 Å². The first kappa shape index (κ1) is 31.4. The first-order chi connectivity index (χ1) is 16.9. The van der Waals surface area contributed by atoms with Gasteiger partial charge in [0.2, 0.25) is 5.91 Å². The van der Waals surface area contributed by atoms with Gasteiger partial charge in [-0.05, 0) is 43.0 Å². The summed E-state index contributed by atoms with van der Waals surface area (Å²) < 4.78 is 10.7. The Morgan fingerprint density at radius 1 is 1.08 bits per heavy atom. The molecule has 3 saturated heterocycles. The maximum absolute atomic E-state index is 13.4. The lowest BCUT2D eigenvalue weighted by molar-refractivity contribution is -0.138. The molecule has 3 atom stereocenters. The minimum Gasteiger partial charge on any atom is -0.383 e. The summed E-state index contributed by atoms with van der Waals surface area (Å²) in [6, 6.07) is 6.40. The molecule has 3 fully saturated rings. The molecule has 0 unspecified atom stereocenters. The van der Waals surface area contributed by atoms with Crippen LogP contribution in [-0.2, 0) is 19.1 Å². The number of fused-ring (bicyclic) bond motifs is 1. The molecule has 0 saturated carbocycles. The molecule has 4 rings (SSSR count). The number of carbonyl (C=O) groups is 3. The highest BCUT2D eigenvalue weighted by molar-refractivity contribution is 7.59. The van der Waals surface area contributed by atoms with Crippen molar-refractivity contribution in [1.82, 2.24) is 15.1 Å². The molecule has 0 bridgehead atoms. The molecule has 1 aromatic carbocycles. The SMILES string of the molecule is COCCN1CCN(c2ccc(C(=O)N[C@@H](CC(C)C)C(=O)N3CC[C@H]4OCC(=O)[C@H]43)cc2)CC1.S.S. The topological polar surface area (TPSA) is 91.4 Å². The molecule has 3 aliphatic rings. The van der Waals surface area contributed by atoms with Crippen LogP contribution in [0.5, 0.6) is 0 Å². The number of Topliss-reactive ketones (excluding diaryl/α,β-unsaturated/α-hetero) is 1. The highest BCUT2D eigenvalue weighted by Crippen LogP contribution is 2.28. The predicted molar refractivity (Wildman–Crippen MR) is 153 cm³/mol. The smallest absolute Gasteiger partial charge is 0.251 e. The van der Waals surface area contributed by atoms with Crippen molar-refractivity contribution in [3.05, 3.63) is 29.8 Å². The van der Waals surface area contributed by atoms with Crippen LogP contribution >= 0.6 is 27.0 Å². The Morgan fingerprint density at radius 2 is 1.76 bits per heavy atom. The number of rotatable bonds is 9. The lowest BCUT2D eigenvalue weighted by Crippen LogP contribution is -2.52. The quantitative estimate of drug-likeness (QED) is 0.493. The van der Waals surface area contributed by atoms with E-state index in [-0.39, 0.29) is 63.2 Å². The summed E-state index contributed by atoms with van der Waals surface area (Å²) in [6.07, 6.45) is 0.960. The molecule has 3 aliphatic heterocycles. The molecular weight excluding hydrogens is 512 g/mol. The van der Waals surface area contributed by atoms with E-state index in [1.54, 1.807) is 12.0 Å². The van der Waals surface area contributed by atoms with Crippen LogP contribution in [0.15, 0.2) is 24.3 Å². The molecule has 37 heavy (non-hydrogen) atoms. The van der Waals surface area contributed by atoms with E-state index in [0.717, 1.165) is 45.0 Å². The van der Waals surface area contributed by atoms with E-state index in [1.165, 1.54) is 0 Å². The molecule has 0 aliphatic carbocycles. The molecule has 0 radical (unpaired) electrons. The zero-order valence-corrected chi connectivity index (χ0v) is 24.1. The normalized spacial score (nSPS) is 22.3. The Kier molecular flexibility index (Phi) is 12.2. The van der Waals surface area contributed by atoms with Gasteiger partial charge in [0.15, 0.2) is 5.78 Å². The predicted octanol–water partition coefficient (Wildman–Crippen LogP) is 1.39. The summed E-state index contributed by atoms with van der Waals surface area (Å²) in [5.74, 6) is -0.306. The molecule has 208 valence electrons. The number of nitrogens with zero attached hydrogens (tertiary/aromatic N) is 3. The lowest BCUT2D eigenvalue weighted by atomic mass is 10.0. The fraction of sp³-hybridized carbons (Fsp3) is 0.654. The van der Waals surface area contributed by atoms with Crippen molar-refractivity contribution >= 4 is 50.3 Å². The van der Waals surface area contributed by atoms with Gasteiger partial charge in [-0.15, -0.1) is 0 Å². The number of piperazine rings is 1. The van der Waals surface area contributed by atoms with Gasteiger partial charge >= 0.3 is 0 Å². The fourth-order valence-electron chi connectivity index (χ4n) is 5.25. The van der Waals surface area contributed by atoms with Gasteiger partial charge in [0.05, 0.1) is 12.7 Å². The lowest BCUT2D eigenvalue weighted by Gasteiger charge is -2.36. The van der Waals surface area contributed by atoms with Crippen LogP contribution in [0.3, 0.4) is 0 Å². The van der Waals surface area contributed by atoms with Crippen LogP contribution in [0.1, 0.15) is 37.0 Å². The van der Waals surface area contributed by atoms with Crippen molar-refractivity contribution < 1.29 is 23.9 Å². The van der Waals surface area contributed by atoms with Gasteiger partial charge in [0.25, 0.3) is 5.91 Å². The average Bonchev–Trinajstić information content (AvgIpc) is 3.45. The molecule has 9 nitrogen and oxygen atoms in total. The summed E-state index contributed by atoms with van der Waals surface area (Å²) in [4.78, 5) is 45.0. The summed E-state index contributed by atoms with van der Waals surface area (Å²) in [5.41, 5.74) is 1.61. The van der Waals surface area contributed by atoms with E-state index in [1.807, 2.05) is 38.1 Å². The highest BCUT2D eigenvalue weighted by atomic mass is 32.1. The first-order valence-corrected chi connectivity index (χ1v) is 12.7. The van der Waals surface area contributed by atoms with E-state index < -0.39 is 12.1 Å². The number of likely N-dealkylation sites (tertiary alicyclic amines) is 1. The second-order valence-corrected chi connectivity index (χ2v) is 10.1. The Balaban J connectivity index is 0.00000241. The van der Waals surface area contributed by atoms with Crippen molar-refractivity contribution in [3.63, 3.8) is 0 Å². The zero-order valence-electron chi connectivity index (χ0n) is 22.1. The van der Waals surface area contributed by atoms with Crippen LogP contribution in [0, 0.1) is 5.92 Å². The van der Waals surface area contributed by atoms with E-state index in [4.69, 9.17) is 9.47 Å². The largest absolute Gasteiger partial charge is 0.383 e. The highest BCUT2D eigenvalue weighted by Gasteiger charge is 2.48. The number of anilines is 1. The van der Waals surface area contributed by atoms with Crippen LogP contribution < -0.4 is 10.2 Å². The minimum absolute atomic E-state index is 0. The second-order valence-electron chi connectivity index (χ2n) is 10.1. The summed E-state index contributed by atoms with van der Waals surface area (Å²) in [5, 5.41) is 2.95. The number of ether oxygens (including phenoxy) is 2. The number of hydrogen-bond acceptors (Lipinski definition) is 7. The van der Waals surface area contributed by atoms with Crippen LogP contribution in [-0.4, -0.2) is 105 Å². The molecule has 0 aromatic heterocycles. The van der Waals surface area contributed by atoms with Gasteiger partial charge < -0.3 is 24.6 Å². The van der Waals surface area contributed by atoms with E-state index in [0.29, 0.717) is 24.9 Å². The zero-order chi connectivity index (χ0) is 24.9. The van der Waals surface area contributed by atoms with Crippen LogP contribution in [0.25, 0.3) is 0 Å². The Morgan fingerprint density at radius 3 is 2.38 bits per heavy atom. The van der Waals surface area contributed by atoms with Crippen molar-refractivity contribution in [2.24, 2.45) is 5.92 Å². The molecule has 1 aromatic rings. The van der Waals surface area contributed by atoms with Gasteiger partial charge in [-0.3, -0.25) is 19.3 Å². The standard InChI is InChI=1S/C26H38N4O5.2H2S/c1-18(2)16-21(26(33)30-9-8-23-24(30)22(31)17-35-23)27-25(32)19-4-6-20(7-5-19)29-12-10-28(11-13-29)14-15-34-3;;/h4-7,18,21,23-24H,8-17H2,1-3H3,(H,27,32);2*1H2/t21-,23+,24+;;/m0../s1.